The first-order chi connectivity index (χ1) is 10.3. The summed E-state index contributed by atoms with van der Waals surface area (Å²) in [7, 11) is 0. The highest BCUT2D eigenvalue weighted by Crippen LogP contribution is 2.23. The van der Waals surface area contributed by atoms with Gasteiger partial charge in [0.15, 0.2) is 0 Å². The zero-order valence-corrected chi connectivity index (χ0v) is 12.8. The number of fused-ring (bicyclic) bond motifs is 1. The molecular formula is C17H18N2OS. The Morgan fingerprint density at radius 1 is 1.19 bits per heavy atom. The van der Waals surface area contributed by atoms with E-state index in [2.05, 4.69) is 46.9 Å². The van der Waals surface area contributed by atoms with E-state index in [9.17, 15) is 0 Å². The molecule has 1 unspecified atom stereocenters. The van der Waals surface area contributed by atoms with Crippen LogP contribution in [-0.2, 0) is 6.54 Å². The predicted octanol–water partition coefficient (Wildman–Crippen LogP) is 3.85. The molecule has 3 nitrogen and oxygen atoms in total. The van der Waals surface area contributed by atoms with Gasteiger partial charge in [0, 0.05) is 29.5 Å². The van der Waals surface area contributed by atoms with Crippen LogP contribution in [0, 0.1) is 0 Å². The van der Waals surface area contributed by atoms with Crippen LogP contribution in [0.5, 0.6) is 5.75 Å². The molecule has 4 heteroatoms. The van der Waals surface area contributed by atoms with Gasteiger partial charge in [-0.25, -0.2) is 0 Å². The van der Waals surface area contributed by atoms with Crippen LogP contribution >= 0.6 is 11.3 Å². The van der Waals surface area contributed by atoms with Crippen molar-refractivity contribution in [1.82, 2.24) is 10.3 Å². The molecule has 0 aliphatic heterocycles. The maximum Gasteiger partial charge on any atom is 0.145 e. The highest BCUT2D eigenvalue weighted by molar-refractivity contribution is 7.09. The lowest BCUT2D eigenvalue weighted by atomic mass is 10.2. The van der Waals surface area contributed by atoms with Gasteiger partial charge in [-0.15, -0.1) is 11.3 Å². The van der Waals surface area contributed by atoms with Crippen LogP contribution in [0.1, 0.15) is 11.8 Å². The smallest absolute Gasteiger partial charge is 0.145 e. The van der Waals surface area contributed by atoms with Crippen molar-refractivity contribution in [3.8, 4) is 5.75 Å². The summed E-state index contributed by atoms with van der Waals surface area (Å²) in [5.41, 5.74) is 0.921. The molecule has 0 spiro atoms. The van der Waals surface area contributed by atoms with Gasteiger partial charge >= 0.3 is 0 Å². The van der Waals surface area contributed by atoms with E-state index >= 15 is 0 Å². The van der Waals surface area contributed by atoms with Gasteiger partial charge < -0.3 is 10.1 Å². The summed E-state index contributed by atoms with van der Waals surface area (Å²) in [5.74, 6) is 0.846. The lowest BCUT2D eigenvalue weighted by Gasteiger charge is -2.16. The van der Waals surface area contributed by atoms with Crippen LogP contribution in [0.4, 0.5) is 0 Å². The molecule has 0 bridgehead atoms. The summed E-state index contributed by atoms with van der Waals surface area (Å²) in [5, 5.41) is 6.62. The second-order valence-corrected chi connectivity index (χ2v) is 6.00. The number of ether oxygens (including phenoxy) is 1. The third-order valence-corrected chi connectivity index (χ3v) is 4.11. The van der Waals surface area contributed by atoms with Crippen molar-refractivity contribution in [2.75, 3.05) is 6.54 Å². The van der Waals surface area contributed by atoms with Crippen molar-refractivity contribution in [3.63, 3.8) is 0 Å². The molecule has 21 heavy (non-hydrogen) atoms. The van der Waals surface area contributed by atoms with Crippen LogP contribution in [0.25, 0.3) is 10.9 Å². The molecule has 1 atom stereocenters. The Labute approximate surface area is 128 Å². The Balaban J connectivity index is 1.59. The summed E-state index contributed by atoms with van der Waals surface area (Å²) in [6.07, 6.45) is 1.90. The van der Waals surface area contributed by atoms with Gasteiger partial charge in [0.1, 0.15) is 17.4 Å². The Morgan fingerprint density at radius 2 is 2.10 bits per heavy atom. The molecule has 0 aliphatic rings. The number of rotatable bonds is 6. The fraction of sp³-hybridized carbons (Fsp3) is 0.235. The van der Waals surface area contributed by atoms with Gasteiger partial charge in [-0.05, 0) is 30.5 Å². The van der Waals surface area contributed by atoms with E-state index in [-0.39, 0.29) is 6.10 Å². The number of benzene rings is 1. The van der Waals surface area contributed by atoms with Gasteiger partial charge in [-0.1, -0.05) is 24.3 Å². The monoisotopic (exact) mass is 298 g/mol. The molecule has 0 amide bonds. The summed E-state index contributed by atoms with van der Waals surface area (Å²) in [4.78, 5) is 5.75. The first-order valence-electron chi connectivity index (χ1n) is 7.06. The van der Waals surface area contributed by atoms with Gasteiger partial charge in [-0.2, -0.15) is 0 Å². The van der Waals surface area contributed by atoms with Crippen LogP contribution < -0.4 is 10.1 Å². The number of nitrogens with one attached hydrogen (secondary N) is 1. The van der Waals surface area contributed by atoms with Crippen LogP contribution in [0.3, 0.4) is 0 Å². The molecule has 1 aromatic carbocycles. The van der Waals surface area contributed by atoms with E-state index in [0.29, 0.717) is 0 Å². The Kier molecular flexibility index (Phi) is 4.48. The molecule has 2 aromatic heterocycles. The first-order valence-corrected chi connectivity index (χ1v) is 7.94. The lowest BCUT2D eigenvalue weighted by molar-refractivity contribution is 0.219. The molecule has 0 radical (unpaired) electrons. The quantitative estimate of drug-likeness (QED) is 0.750. The van der Waals surface area contributed by atoms with Crippen molar-refractivity contribution in [2.45, 2.75) is 19.6 Å². The zero-order chi connectivity index (χ0) is 14.5. The van der Waals surface area contributed by atoms with Gasteiger partial charge in [0.25, 0.3) is 0 Å². The van der Waals surface area contributed by atoms with Gasteiger partial charge in [0.2, 0.25) is 0 Å². The molecule has 108 valence electrons. The molecule has 0 aliphatic carbocycles. The number of nitrogens with zero attached hydrogens (tertiary/aromatic N) is 1. The number of thiophene rings is 1. The van der Waals surface area contributed by atoms with E-state index in [4.69, 9.17) is 4.74 Å². The fourth-order valence-corrected chi connectivity index (χ4v) is 2.92. The molecule has 2 heterocycles. The molecule has 3 aromatic rings. The Hall–Kier alpha value is -1.91. The number of hydrogen-bond acceptors (Lipinski definition) is 4. The van der Waals surface area contributed by atoms with Crippen molar-refractivity contribution >= 4 is 22.2 Å². The van der Waals surface area contributed by atoms with Gasteiger partial charge in [0.05, 0.1) is 0 Å². The summed E-state index contributed by atoms with van der Waals surface area (Å²) >= 11 is 1.77. The molecule has 3 rings (SSSR count). The highest BCUT2D eigenvalue weighted by atomic mass is 32.1. The minimum Gasteiger partial charge on any atom is -0.487 e. The third kappa shape index (κ3) is 3.60. The number of pyridine rings is 1. The number of aromatic nitrogens is 1. The maximum atomic E-state index is 6.03. The van der Waals surface area contributed by atoms with Gasteiger partial charge in [-0.3, -0.25) is 4.98 Å². The second kappa shape index (κ2) is 6.70. The fourth-order valence-electron chi connectivity index (χ4n) is 2.24. The molecule has 0 fully saturated rings. The Bertz CT molecular complexity index is 692. The van der Waals surface area contributed by atoms with Crippen LogP contribution in [0.2, 0.25) is 0 Å². The van der Waals surface area contributed by atoms with Crippen molar-refractivity contribution < 1.29 is 4.74 Å². The second-order valence-electron chi connectivity index (χ2n) is 4.97. The zero-order valence-electron chi connectivity index (χ0n) is 12.0. The predicted molar refractivity (Wildman–Crippen MR) is 87.9 cm³/mol. The van der Waals surface area contributed by atoms with Crippen molar-refractivity contribution in [2.24, 2.45) is 0 Å². The minimum absolute atomic E-state index is 0.0950. The highest BCUT2D eigenvalue weighted by Gasteiger charge is 2.08. The van der Waals surface area contributed by atoms with Crippen molar-refractivity contribution in [3.05, 3.63) is 58.9 Å². The van der Waals surface area contributed by atoms with E-state index < -0.39 is 0 Å². The van der Waals surface area contributed by atoms with E-state index in [1.54, 1.807) is 17.5 Å². The van der Waals surface area contributed by atoms with Crippen LogP contribution in [0.15, 0.2) is 54.0 Å². The Morgan fingerprint density at radius 3 is 2.95 bits per heavy atom. The molecule has 1 N–H and O–H groups in total. The first kappa shape index (κ1) is 14.0. The van der Waals surface area contributed by atoms with Crippen molar-refractivity contribution in [1.29, 1.82) is 0 Å². The average Bonchev–Trinajstić information content (AvgIpc) is 3.01. The van der Waals surface area contributed by atoms with Crippen LogP contribution in [-0.4, -0.2) is 17.6 Å². The van der Waals surface area contributed by atoms with E-state index in [1.165, 1.54) is 4.88 Å². The summed E-state index contributed by atoms with van der Waals surface area (Å²) < 4.78 is 6.03. The normalized spacial score (nSPS) is 12.4. The number of para-hydroxylation sites is 1. The van der Waals surface area contributed by atoms with E-state index in [0.717, 1.165) is 29.7 Å². The third-order valence-electron chi connectivity index (χ3n) is 3.23. The average molecular weight is 298 g/mol. The molecular weight excluding hydrogens is 280 g/mol. The summed E-state index contributed by atoms with van der Waals surface area (Å²) in [6.45, 7) is 3.77. The topological polar surface area (TPSA) is 34.1 Å². The standard InChI is InChI=1S/C17H18N2OS/c1-13(11-18-12-15-7-4-10-21-15)20-16-8-2-5-14-6-3-9-19-17(14)16/h2-10,13,18H,11-12H2,1H3. The summed E-state index contributed by atoms with van der Waals surface area (Å²) in [6, 6.07) is 14.2. The minimum atomic E-state index is 0.0950. The lowest BCUT2D eigenvalue weighted by Crippen LogP contribution is -2.28. The molecule has 0 saturated carbocycles. The maximum absolute atomic E-state index is 6.03. The number of hydrogen-bond donors (Lipinski definition) is 1. The molecule has 0 saturated heterocycles. The SMILES string of the molecule is CC(CNCc1cccs1)Oc1cccc2cccnc12. The van der Waals surface area contributed by atoms with E-state index in [1.807, 2.05) is 18.2 Å². The largest absolute Gasteiger partial charge is 0.487 e.